The van der Waals surface area contributed by atoms with Crippen molar-refractivity contribution in [3.63, 3.8) is 0 Å². The fraction of sp³-hybridized carbons (Fsp3) is 0.267. The zero-order valence-corrected chi connectivity index (χ0v) is 22.7. The van der Waals surface area contributed by atoms with E-state index in [9.17, 15) is 24.1 Å². The van der Waals surface area contributed by atoms with Crippen molar-refractivity contribution in [2.75, 3.05) is 6.67 Å². The summed E-state index contributed by atoms with van der Waals surface area (Å²) in [4.78, 5) is 11.3. The van der Waals surface area contributed by atoms with Gasteiger partial charge in [0, 0.05) is 27.9 Å². The van der Waals surface area contributed by atoms with Gasteiger partial charge >= 0.3 is 5.97 Å². The van der Waals surface area contributed by atoms with Crippen LogP contribution in [0.4, 0.5) is 4.39 Å². The maximum Gasteiger partial charge on any atom is 0.307 e. The Balaban J connectivity index is 1.66. The first kappa shape index (κ1) is 28.2. The van der Waals surface area contributed by atoms with Crippen LogP contribution in [-0.2, 0) is 29.2 Å². The van der Waals surface area contributed by atoms with Crippen molar-refractivity contribution >= 4 is 28.3 Å². The molecular formula is C30H29FN2O5S. The van der Waals surface area contributed by atoms with E-state index in [1.54, 1.807) is 24.5 Å². The van der Waals surface area contributed by atoms with Gasteiger partial charge in [-0.3, -0.25) is 4.79 Å². The number of benzene rings is 3. The lowest BCUT2D eigenvalue weighted by Gasteiger charge is -2.27. The maximum absolute atomic E-state index is 14.0. The molecule has 0 radical (unpaired) electrons. The van der Waals surface area contributed by atoms with Crippen molar-refractivity contribution < 1.29 is 28.0 Å². The van der Waals surface area contributed by atoms with Gasteiger partial charge in [-0.15, -0.1) is 4.72 Å². The standard InChI is InChI=1S/C30H29FN2O5S/c1-30(2,3)39(36)33-26(16-31)22-6-4-5-21(14-22)25-12-20(11-24-9-10-37-29(24)25)18-38-27-13-19(17-32)7-8-23(27)15-28(34)35/h4-14,26,33H,15-16,18H2,1-3H3,(H,34,35)/t26-,39+/m0/s1. The molecule has 4 aromatic rings. The number of halogens is 1. The van der Waals surface area contributed by atoms with Crippen molar-refractivity contribution in [2.24, 2.45) is 0 Å². The van der Waals surface area contributed by atoms with Gasteiger partial charge in [-0.25, -0.2) is 4.39 Å². The maximum atomic E-state index is 14.0. The number of carboxylic acid groups (broad SMARTS) is 1. The van der Waals surface area contributed by atoms with Crippen LogP contribution in [0, 0.1) is 11.3 Å². The smallest absolute Gasteiger partial charge is 0.307 e. The molecule has 4 rings (SSSR count). The van der Waals surface area contributed by atoms with E-state index >= 15 is 0 Å². The predicted octanol–water partition coefficient (Wildman–Crippen LogP) is 6.24. The molecule has 0 amide bonds. The molecule has 1 aromatic heterocycles. The number of aliphatic carboxylic acids is 1. The lowest BCUT2D eigenvalue weighted by Crippen LogP contribution is -2.41. The minimum absolute atomic E-state index is 0.120. The second-order valence-corrected chi connectivity index (χ2v) is 12.1. The van der Waals surface area contributed by atoms with E-state index in [1.165, 1.54) is 6.07 Å². The molecule has 7 nitrogen and oxygen atoms in total. The zero-order valence-electron chi connectivity index (χ0n) is 21.9. The van der Waals surface area contributed by atoms with Crippen LogP contribution in [0.1, 0.15) is 49.1 Å². The number of furan rings is 1. The summed E-state index contributed by atoms with van der Waals surface area (Å²) in [7, 11) is 0. The third kappa shape index (κ3) is 6.79. The van der Waals surface area contributed by atoms with Gasteiger partial charge in [-0.2, -0.15) is 5.26 Å². The summed E-state index contributed by atoms with van der Waals surface area (Å²) < 4.78 is 40.8. The Labute approximate surface area is 229 Å². The van der Waals surface area contributed by atoms with Crippen LogP contribution < -0.4 is 9.46 Å². The lowest BCUT2D eigenvalue weighted by molar-refractivity contribution is -0.136. The molecule has 0 aliphatic rings. The molecule has 0 aliphatic heterocycles. The van der Waals surface area contributed by atoms with Gasteiger partial charge in [-0.1, -0.05) is 24.3 Å². The zero-order chi connectivity index (χ0) is 28.2. The average Bonchev–Trinajstić information content (AvgIpc) is 3.38. The van der Waals surface area contributed by atoms with Crippen molar-refractivity contribution in [2.45, 2.75) is 44.6 Å². The Bertz CT molecular complexity index is 1520. The fourth-order valence-electron chi connectivity index (χ4n) is 4.09. The largest absolute Gasteiger partial charge is 0.598 e. The van der Waals surface area contributed by atoms with E-state index in [0.717, 1.165) is 22.1 Å². The Kier molecular flexibility index (Phi) is 8.60. The minimum atomic E-state index is -1.45. The van der Waals surface area contributed by atoms with Gasteiger partial charge in [0.15, 0.2) is 0 Å². The molecule has 0 bridgehead atoms. The van der Waals surface area contributed by atoms with Gasteiger partial charge < -0.3 is 18.8 Å². The van der Waals surface area contributed by atoms with E-state index in [2.05, 4.69) is 4.72 Å². The van der Waals surface area contributed by atoms with Crippen molar-refractivity contribution in [1.82, 2.24) is 4.72 Å². The number of nitrogens with zero attached hydrogens (tertiary/aromatic N) is 1. The summed E-state index contributed by atoms with van der Waals surface area (Å²) in [5, 5.41) is 19.4. The number of hydrogen-bond acceptors (Lipinski definition) is 6. The number of alkyl halides is 1. The van der Waals surface area contributed by atoms with Crippen molar-refractivity contribution in [3.05, 3.63) is 89.2 Å². The Morgan fingerprint density at radius 2 is 2.00 bits per heavy atom. The molecular weight excluding hydrogens is 519 g/mol. The summed E-state index contributed by atoms with van der Waals surface area (Å²) >= 11 is -1.45. The number of nitrogens with one attached hydrogen (secondary N) is 1. The summed E-state index contributed by atoms with van der Waals surface area (Å²) in [5.41, 5.74) is 4.49. The SMILES string of the molecule is CC(C)(C)[S@@+]([O-])N[C@@H](CF)c1cccc(-c2cc(COc3cc(C#N)ccc3CC(=O)O)cc3ccoc23)c1. The Hall–Kier alpha value is -3.84. The first-order valence-electron chi connectivity index (χ1n) is 12.3. The van der Waals surface area contributed by atoms with E-state index in [0.29, 0.717) is 28.0 Å². The van der Waals surface area contributed by atoms with Crippen molar-refractivity contribution in [1.29, 1.82) is 5.26 Å². The van der Waals surface area contributed by atoms with Crippen LogP contribution in [0.2, 0.25) is 0 Å². The molecule has 2 N–H and O–H groups in total. The van der Waals surface area contributed by atoms with Crippen LogP contribution in [0.3, 0.4) is 0 Å². The predicted molar refractivity (Wildman–Crippen MR) is 148 cm³/mol. The highest BCUT2D eigenvalue weighted by atomic mass is 32.2. The topological polar surface area (TPSA) is 119 Å². The minimum Gasteiger partial charge on any atom is -0.598 e. The van der Waals surface area contributed by atoms with Crippen LogP contribution in [0.25, 0.3) is 22.1 Å². The molecule has 0 aliphatic carbocycles. The van der Waals surface area contributed by atoms with Gasteiger partial charge in [0.25, 0.3) is 0 Å². The van der Waals surface area contributed by atoms with E-state index in [1.807, 2.05) is 63.2 Å². The summed E-state index contributed by atoms with van der Waals surface area (Å²) in [6.07, 6.45) is 1.35. The fourth-order valence-corrected chi connectivity index (χ4v) is 4.90. The Morgan fingerprint density at radius 1 is 1.21 bits per heavy atom. The van der Waals surface area contributed by atoms with E-state index in [4.69, 9.17) is 9.15 Å². The summed E-state index contributed by atoms with van der Waals surface area (Å²) in [6.45, 7) is 4.86. The number of hydrogen-bond donors (Lipinski definition) is 2. The molecule has 3 aromatic carbocycles. The molecule has 0 saturated carbocycles. The second kappa shape index (κ2) is 11.9. The molecule has 39 heavy (non-hydrogen) atoms. The number of rotatable bonds is 10. The van der Waals surface area contributed by atoms with Gasteiger partial charge in [0.05, 0.1) is 24.3 Å². The quantitative estimate of drug-likeness (QED) is 0.225. The number of fused-ring (bicyclic) bond motifs is 1. The second-order valence-electron chi connectivity index (χ2n) is 10.1. The first-order valence-corrected chi connectivity index (χ1v) is 13.5. The van der Waals surface area contributed by atoms with Gasteiger partial charge in [0.1, 0.15) is 35.4 Å². The third-order valence-corrected chi connectivity index (χ3v) is 7.71. The highest BCUT2D eigenvalue weighted by molar-refractivity contribution is 7.90. The van der Waals surface area contributed by atoms with Crippen molar-refractivity contribution in [3.8, 4) is 22.9 Å². The number of nitriles is 1. The molecule has 0 unspecified atom stereocenters. The molecule has 0 spiro atoms. The number of carbonyl (C=O) groups is 1. The summed E-state index contributed by atoms with van der Waals surface area (Å²) in [5.74, 6) is -0.671. The van der Waals surface area contributed by atoms with Crippen LogP contribution in [-0.4, -0.2) is 27.1 Å². The monoisotopic (exact) mass is 548 g/mol. The molecule has 0 fully saturated rings. The highest BCUT2D eigenvalue weighted by Crippen LogP contribution is 2.34. The van der Waals surface area contributed by atoms with Crippen LogP contribution in [0.5, 0.6) is 5.75 Å². The van der Waals surface area contributed by atoms with Gasteiger partial charge in [0.2, 0.25) is 0 Å². The van der Waals surface area contributed by atoms with Crippen LogP contribution in [0.15, 0.2) is 71.3 Å². The molecule has 1 heterocycles. The molecule has 202 valence electrons. The van der Waals surface area contributed by atoms with E-state index < -0.39 is 34.8 Å². The lowest BCUT2D eigenvalue weighted by atomic mass is 9.97. The average molecular weight is 549 g/mol. The van der Waals surface area contributed by atoms with Crippen LogP contribution >= 0.6 is 0 Å². The Morgan fingerprint density at radius 3 is 2.69 bits per heavy atom. The molecule has 9 heteroatoms. The van der Waals surface area contributed by atoms with E-state index in [-0.39, 0.29) is 13.0 Å². The normalized spacial score (nSPS) is 13.1. The molecule has 2 atom stereocenters. The number of carboxylic acids is 1. The van der Waals surface area contributed by atoms with Gasteiger partial charge in [-0.05, 0) is 73.9 Å². The third-order valence-electron chi connectivity index (χ3n) is 6.10. The molecule has 0 saturated heterocycles. The number of ether oxygens (including phenoxy) is 1. The highest BCUT2D eigenvalue weighted by Gasteiger charge is 2.30. The summed E-state index contributed by atoms with van der Waals surface area (Å²) in [6, 6.07) is 19.0. The first-order chi connectivity index (χ1) is 18.6.